The van der Waals surface area contributed by atoms with Gasteiger partial charge < -0.3 is 5.32 Å². The fraction of sp³-hybridized carbons (Fsp3) is 0.286. The van der Waals surface area contributed by atoms with Gasteiger partial charge in [-0.1, -0.05) is 6.08 Å². The van der Waals surface area contributed by atoms with E-state index in [1.807, 2.05) is 13.1 Å². The molecule has 0 radical (unpaired) electrons. The molecule has 0 aliphatic heterocycles. The van der Waals surface area contributed by atoms with Crippen molar-refractivity contribution in [3.63, 3.8) is 0 Å². The molecule has 0 saturated heterocycles. The first-order valence-electron chi connectivity index (χ1n) is 2.92. The van der Waals surface area contributed by atoms with Gasteiger partial charge in [0, 0.05) is 25.2 Å². The van der Waals surface area contributed by atoms with E-state index in [4.69, 9.17) is 0 Å². The molecule has 1 aliphatic carbocycles. The van der Waals surface area contributed by atoms with Crippen LogP contribution in [0.1, 0.15) is 6.42 Å². The van der Waals surface area contributed by atoms with Crippen LogP contribution in [0.4, 0.5) is 0 Å². The standard InChI is InChI=1S/C7H9NO/c1-8-6-3-2-4-7(9)5-6/h2,4-5,8H,3H2,1H3. The summed E-state index contributed by atoms with van der Waals surface area (Å²) in [6.45, 7) is 0. The molecule has 0 saturated carbocycles. The molecule has 1 aliphatic rings. The molecule has 2 nitrogen and oxygen atoms in total. The van der Waals surface area contributed by atoms with Crippen molar-refractivity contribution in [2.75, 3.05) is 7.05 Å². The van der Waals surface area contributed by atoms with Crippen LogP contribution in [0.2, 0.25) is 0 Å². The summed E-state index contributed by atoms with van der Waals surface area (Å²) in [7, 11) is 1.82. The molecule has 0 fully saturated rings. The van der Waals surface area contributed by atoms with Gasteiger partial charge in [0.15, 0.2) is 5.78 Å². The van der Waals surface area contributed by atoms with Gasteiger partial charge in [0.25, 0.3) is 0 Å². The number of hydrogen-bond acceptors (Lipinski definition) is 2. The summed E-state index contributed by atoms with van der Waals surface area (Å²) in [6, 6.07) is 0. The number of allylic oxidation sites excluding steroid dienone is 3. The third-order valence-corrected chi connectivity index (χ3v) is 1.26. The van der Waals surface area contributed by atoms with Crippen LogP contribution in [0.25, 0.3) is 0 Å². The van der Waals surface area contributed by atoms with Crippen molar-refractivity contribution in [2.24, 2.45) is 0 Å². The summed E-state index contributed by atoms with van der Waals surface area (Å²) in [5.74, 6) is 0.0746. The molecular formula is C7H9NO. The first-order chi connectivity index (χ1) is 4.33. The second kappa shape index (κ2) is 2.49. The Bertz CT molecular complexity index is 179. The molecule has 0 aromatic rings. The van der Waals surface area contributed by atoms with Crippen molar-refractivity contribution in [3.8, 4) is 0 Å². The van der Waals surface area contributed by atoms with E-state index in [0.29, 0.717) is 0 Å². The largest absolute Gasteiger partial charge is 0.391 e. The molecule has 2 heteroatoms. The lowest BCUT2D eigenvalue weighted by atomic mass is 10.1. The van der Waals surface area contributed by atoms with Crippen LogP contribution in [0.5, 0.6) is 0 Å². The van der Waals surface area contributed by atoms with Crippen LogP contribution in [0, 0.1) is 0 Å². The minimum Gasteiger partial charge on any atom is -0.391 e. The maximum Gasteiger partial charge on any atom is 0.180 e. The second-order valence-corrected chi connectivity index (χ2v) is 1.93. The number of hydrogen-bond donors (Lipinski definition) is 1. The molecule has 0 unspecified atom stereocenters. The highest BCUT2D eigenvalue weighted by Gasteiger charge is 1.99. The molecule has 0 amide bonds. The van der Waals surface area contributed by atoms with E-state index in [0.717, 1.165) is 12.1 Å². The smallest absolute Gasteiger partial charge is 0.180 e. The van der Waals surface area contributed by atoms with Crippen LogP contribution in [-0.4, -0.2) is 12.8 Å². The third kappa shape index (κ3) is 1.42. The lowest BCUT2D eigenvalue weighted by Crippen LogP contribution is -2.09. The van der Waals surface area contributed by atoms with Gasteiger partial charge in [-0.3, -0.25) is 4.79 Å². The number of nitrogens with one attached hydrogen (secondary N) is 1. The molecule has 1 rings (SSSR count). The number of carbonyl (C=O) groups is 1. The molecule has 0 aromatic carbocycles. The summed E-state index contributed by atoms with van der Waals surface area (Å²) in [6.07, 6.45) is 5.90. The summed E-state index contributed by atoms with van der Waals surface area (Å²) in [4.78, 5) is 10.6. The van der Waals surface area contributed by atoms with Gasteiger partial charge in [-0.05, 0) is 6.08 Å². The highest BCUT2D eigenvalue weighted by atomic mass is 16.1. The highest BCUT2D eigenvalue weighted by Crippen LogP contribution is 2.03. The van der Waals surface area contributed by atoms with E-state index < -0.39 is 0 Å². The minimum absolute atomic E-state index is 0.0746. The molecule has 0 aromatic heterocycles. The minimum atomic E-state index is 0.0746. The zero-order valence-corrected chi connectivity index (χ0v) is 5.35. The molecule has 9 heavy (non-hydrogen) atoms. The summed E-state index contributed by atoms with van der Waals surface area (Å²) < 4.78 is 0. The van der Waals surface area contributed by atoms with Crippen molar-refractivity contribution in [3.05, 3.63) is 23.9 Å². The predicted molar refractivity (Wildman–Crippen MR) is 35.9 cm³/mol. The van der Waals surface area contributed by atoms with Gasteiger partial charge in [0.1, 0.15) is 0 Å². The number of ketones is 1. The maximum atomic E-state index is 10.6. The Balaban J connectivity index is 2.66. The van der Waals surface area contributed by atoms with E-state index in [2.05, 4.69) is 5.32 Å². The van der Waals surface area contributed by atoms with Gasteiger partial charge in [-0.25, -0.2) is 0 Å². The Morgan fingerprint density at radius 1 is 1.67 bits per heavy atom. The molecular weight excluding hydrogens is 114 g/mol. The molecule has 0 heterocycles. The third-order valence-electron chi connectivity index (χ3n) is 1.26. The molecule has 1 N–H and O–H groups in total. The van der Waals surface area contributed by atoms with Gasteiger partial charge >= 0.3 is 0 Å². The Kier molecular flexibility index (Phi) is 1.68. The van der Waals surface area contributed by atoms with E-state index in [1.54, 1.807) is 12.2 Å². The Hall–Kier alpha value is -1.05. The topological polar surface area (TPSA) is 29.1 Å². The number of rotatable bonds is 1. The van der Waals surface area contributed by atoms with E-state index >= 15 is 0 Å². The predicted octanol–water partition coefficient (Wildman–Crippen LogP) is 0.619. The Morgan fingerprint density at radius 2 is 2.44 bits per heavy atom. The zero-order chi connectivity index (χ0) is 6.69. The van der Waals surface area contributed by atoms with Crippen LogP contribution < -0.4 is 5.32 Å². The van der Waals surface area contributed by atoms with Crippen LogP contribution in [0.15, 0.2) is 23.9 Å². The van der Waals surface area contributed by atoms with Gasteiger partial charge in [-0.2, -0.15) is 0 Å². The highest BCUT2D eigenvalue weighted by molar-refractivity contribution is 6.00. The average Bonchev–Trinajstić information content (AvgIpc) is 1.88. The van der Waals surface area contributed by atoms with Crippen LogP contribution in [-0.2, 0) is 4.79 Å². The fourth-order valence-electron chi connectivity index (χ4n) is 0.755. The van der Waals surface area contributed by atoms with E-state index in [1.165, 1.54) is 0 Å². The lowest BCUT2D eigenvalue weighted by molar-refractivity contribution is -0.110. The fourth-order valence-corrected chi connectivity index (χ4v) is 0.755. The van der Waals surface area contributed by atoms with Gasteiger partial charge in [0.2, 0.25) is 0 Å². The molecule has 0 atom stereocenters. The molecule has 48 valence electrons. The summed E-state index contributed by atoms with van der Waals surface area (Å²) >= 11 is 0. The zero-order valence-electron chi connectivity index (χ0n) is 5.35. The molecule has 0 bridgehead atoms. The first kappa shape index (κ1) is 6.08. The summed E-state index contributed by atoms with van der Waals surface area (Å²) in [5, 5.41) is 2.92. The van der Waals surface area contributed by atoms with E-state index in [-0.39, 0.29) is 5.78 Å². The monoisotopic (exact) mass is 123 g/mol. The van der Waals surface area contributed by atoms with Crippen molar-refractivity contribution in [2.45, 2.75) is 6.42 Å². The SMILES string of the molecule is CNC1=CC(=O)C=CC1. The Labute approximate surface area is 54.3 Å². The first-order valence-corrected chi connectivity index (χ1v) is 2.92. The van der Waals surface area contributed by atoms with Crippen molar-refractivity contribution >= 4 is 5.78 Å². The average molecular weight is 123 g/mol. The maximum absolute atomic E-state index is 10.6. The lowest BCUT2D eigenvalue weighted by Gasteiger charge is -2.04. The van der Waals surface area contributed by atoms with Crippen LogP contribution in [0.3, 0.4) is 0 Å². The van der Waals surface area contributed by atoms with Crippen molar-refractivity contribution < 1.29 is 4.79 Å². The quantitative estimate of drug-likeness (QED) is 0.553. The van der Waals surface area contributed by atoms with Crippen LogP contribution >= 0.6 is 0 Å². The molecule has 0 spiro atoms. The van der Waals surface area contributed by atoms with Crippen molar-refractivity contribution in [1.29, 1.82) is 0 Å². The summed E-state index contributed by atoms with van der Waals surface area (Å²) in [5.41, 5.74) is 0.988. The number of carbonyl (C=O) groups excluding carboxylic acids is 1. The van der Waals surface area contributed by atoms with Crippen molar-refractivity contribution in [1.82, 2.24) is 5.32 Å². The normalized spacial score (nSPS) is 17.4. The van der Waals surface area contributed by atoms with Gasteiger partial charge in [0.05, 0.1) is 0 Å². The second-order valence-electron chi connectivity index (χ2n) is 1.93. The van der Waals surface area contributed by atoms with Gasteiger partial charge in [-0.15, -0.1) is 0 Å². The Morgan fingerprint density at radius 3 is 2.89 bits per heavy atom. The van der Waals surface area contributed by atoms with E-state index in [9.17, 15) is 4.79 Å².